The van der Waals surface area contributed by atoms with E-state index in [1.54, 1.807) is 24.3 Å². The van der Waals surface area contributed by atoms with Crippen LogP contribution in [0.1, 0.15) is 5.56 Å². The Bertz CT molecular complexity index is 819. The summed E-state index contributed by atoms with van der Waals surface area (Å²) in [7, 11) is -3.40. The van der Waals surface area contributed by atoms with Crippen molar-refractivity contribution in [3.8, 4) is 0 Å². The third kappa shape index (κ3) is 3.09. The number of nitrogens with zero attached hydrogens (tertiary/aromatic N) is 1. The summed E-state index contributed by atoms with van der Waals surface area (Å²) in [5.74, 6) is 0. The highest BCUT2D eigenvalue weighted by atomic mass is 32.2. The van der Waals surface area contributed by atoms with Crippen molar-refractivity contribution in [2.24, 2.45) is 0 Å². The summed E-state index contributed by atoms with van der Waals surface area (Å²) in [4.78, 5) is 2.23. The quantitative estimate of drug-likeness (QED) is 0.866. The van der Waals surface area contributed by atoms with Crippen LogP contribution in [-0.2, 0) is 9.84 Å². The zero-order valence-electron chi connectivity index (χ0n) is 12.8. The standard InChI is InChI=1S/C17H18N2O2S2/c1-13-7-5-6-10-16(13)19-12-15(11-18-17(19)22)23(20,21)14-8-3-2-4-9-14/h2-10,15H,11-12H2,1H3,(H,18,22). The van der Waals surface area contributed by atoms with Crippen LogP contribution in [0.15, 0.2) is 59.5 Å². The van der Waals surface area contributed by atoms with Crippen molar-refractivity contribution >= 4 is 32.9 Å². The third-order valence-electron chi connectivity index (χ3n) is 4.03. The van der Waals surface area contributed by atoms with E-state index in [-0.39, 0.29) is 0 Å². The Balaban J connectivity index is 1.92. The largest absolute Gasteiger partial charge is 0.361 e. The minimum Gasteiger partial charge on any atom is -0.361 e. The molecule has 1 atom stereocenters. The van der Waals surface area contributed by atoms with Crippen molar-refractivity contribution in [1.29, 1.82) is 0 Å². The zero-order valence-corrected chi connectivity index (χ0v) is 14.4. The monoisotopic (exact) mass is 346 g/mol. The number of hydrogen-bond acceptors (Lipinski definition) is 3. The molecule has 3 rings (SSSR count). The van der Waals surface area contributed by atoms with Gasteiger partial charge >= 0.3 is 0 Å². The molecule has 0 spiro atoms. The van der Waals surface area contributed by atoms with Gasteiger partial charge in [0.15, 0.2) is 14.9 Å². The first-order valence-corrected chi connectivity index (χ1v) is 9.35. The summed E-state index contributed by atoms with van der Waals surface area (Å²) < 4.78 is 25.7. The van der Waals surface area contributed by atoms with E-state index in [2.05, 4.69) is 5.32 Å². The van der Waals surface area contributed by atoms with E-state index in [0.29, 0.717) is 23.1 Å². The normalized spacial score (nSPS) is 18.6. The molecule has 0 amide bonds. The molecule has 0 radical (unpaired) electrons. The Kier molecular flexibility index (Phi) is 4.37. The van der Waals surface area contributed by atoms with Gasteiger partial charge in [0, 0.05) is 18.8 Å². The number of rotatable bonds is 3. The zero-order chi connectivity index (χ0) is 16.4. The summed E-state index contributed by atoms with van der Waals surface area (Å²) in [6, 6.07) is 16.4. The molecule has 23 heavy (non-hydrogen) atoms. The van der Waals surface area contributed by atoms with Crippen molar-refractivity contribution in [3.05, 3.63) is 60.2 Å². The van der Waals surface area contributed by atoms with Gasteiger partial charge in [-0.15, -0.1) is 0 Å². The Hall–Kier alpha value is -1.92. The number of thiocarbonyl (C=S) groups is 1. The van der Waals surface area contributed by atoms with E-state index in [4.69, 9.17) is 12.2 Å². The van der Waals surface area contributed by atoms with Crippen molar-refractivity contribution in [1.82, 2.24) is 5.32 Å². The average Bonchev–Trinajstić information content (AvgIpc) is 2.57. The van der Waals surface area contributed by atoms with Crippen molar-refractivity contribution in [3.63, 3.8) is 0 Å². The average molecular weight is 346 g/mol. The van der Waals surface area contributed by atoms with Gasteiger partial charge < -0.3 is 10.2 Å². The van der Waals surface area contributed by atoms with E-state index in [9.17, 15) is 8.42 Å². The fourth-order valence-electron chi connectivity index (χ4n) is 2.73. The highest BCUT2D eigenvalue weighted by molar-refractivity contribution is 7.92. The first-order chi connectivity index (χ1) is 11.0. The highest BCUT2D eigenvalue weighted by Gasteiger charge is 2.34. The van der Waals surface area contributed by atoms with E-state index < -0.39 is 15.1 Å². The maximum Gasteiger partial charge on any atom is 0.184 e. The van der Waals surface area contributed by atoms with Crippen LogP contribution in [0.4, 0.5) is 5.69 Å². The first-order valence-electron chi connectivity index (χ1n) is 7.40. The van der Waals surface area contributed by atoms with E-state index >= 15 is 0 Å². The predicted molar refractivity (Wildman–Crippen MR) is 96.5 cm³/mol. The molecule has 1 saturated heterocycles. The maximum absolute atomic E-state index is 12.8. The Labute approximate surface area is 142 Å². The fourth-order valence-corrected chi connectivity index (χ4v) is 4.56. The van der Waals surface area contributed by atoms with Gasteiger partial charge in [-0.1, -0.05) is 36.4 Å². The van der Waals surface area contributed by atoms with Gasteiger partial charge in [-0.3, -0.25) is 0 Å². The molecule has 1 N–H and O–H groups in total. The molecule has 6 heteroatoms. The smallest absolute Gasteiger partial charge is 0.184 e. The minimum absolute atomic E-state index is 0.332. The number of para-hydroxylation sites is 1. The number of aryl methyl sites for hydroxylation is 1. The third-order valence-corrected chi connectivity index (χ3v) is 6.52. The maximum atomic E-state index is 12.8. The second kappa shape index (κ2) is 6.29. The molecular weight excluding hydrogens is 328 g/mol. The number of hydrogen-bond donors (Lipinski definition) is 1. The van der Waals surface area contributed by atoms with Crippen LogP contribution in [0.2, 0.25) is 0 Å². The number of anilines is 1. The lowest BCUT2D eigenvalue weighted by molar-refractivity contribution is 0.570. The van der Waals surface area contributed by atoms with E-state index in [0.717, 1.165) is 11.3 Å². The molecule has 2 aromatic rings. The molecule has 2 aromatic carbocycles. The fraction of sp³-hybridized carbons (Fsp3) is 0.235. The molecule has 0 bridgehead atoms. The lowest BCUT2D eigenvalue weighted by atomic mass is 10.1. The van der Waals surface area contributed by atoms with Gasteiger partial charge in [0.2, 0.25) is 0 Å². The van der Waals surface area contributed by atoms with Crippen LogP contribution >= 0.6 is 12.2 Å². The molecule has 120 valence electrons. The van der Waals surface area contributed by atoms with Gasteiger partial charge in [-0.2, -0.15) is 0 Å². The lowest BCUT2D eigenvalue weighted by Crippen LogP contribution is -2.56. The highest BCUT2D eigenvalue weighted by Crippen LogP contribution is 2.25. The SMILES string of the molecule is Cc1ccccc1N1CC(S(=O)(=O)c2ccccc2)CNC1=S. The number of nitrogens with one attached hydrogen (secondary N) is 1. The first kappa shape index (κ1) is 16.0. The summed E-state index contributed by atoms with van der Waals surface area (Å²) in [6.07, 6.45) is 0. The van der Waals surface area contributed by atoms with E-state index in [1.807, 2.05) is 42.2 Å². The minimum atomic E-state index is -3.40. The molecule has 1 fully saturated rings. The van der Waals surface area contributed by atoms with Crippen LogP contribution < -0.4 is 10.2 Å². The van der Waals surface area contributed by atoms with Crippen LogP contribution in [0.25, 0.3) is 0 Å². The van der Waals surface area contributed by atoms with Crippen LogP contribution in [0.5, 0.6) is 0 Å². The van der Waals surface area contributed by atoms with Crippen molar-refractivity contribution < 1.29 is 8.42 Å². The second-order valence-electron chi connectivity index (χ2n) is 5.56. The van der Waals surface area contributed by atoms with E-state index in [1.165, 1.54) is 0 Å². The van der Waals surface area contributed by atoms with Gasteiger partial charge in [-0.25, -0.2) is 8.42 Å². The van der Waals surface area contributed by atoms with Gasteiger partial charge in [0.05, 0.1) is 4.90 Å². The van der Waals surface area contributed by atoms with Crippen molar-refractivity contribution in [2.75, 3.05) is 18.0 Å². The molecule has 1 aliphatic heterocycles. The van der Waals surface area contributed by atoms with Crippen LogP contribution in [-0.4, -0.2) is 31.9 Å². The molecule has 0 saturated carbocycles. The molecule has 1 aliphatic rings. The molecular formula is C17H18N2O2S2. The van der Waals surface area contributed by atoms with Crippen molar-refractivity contribution in [2.45, 2.75) is 17.1 Å². The van der Waals surface area contributed by atoms with Gasteiger partial charge in [0.1, 0.15) is 5.25 Å². The summed E-state index contributed by atoms with van der Waals surface area (Å²) in [5.41, 5.74) is 2.01. The summed E-state index contributed by atoms with van der Waals surface area (Å²) in [5, 5.41) is 3.09. The summed E-state index contributed by atoms with van der Waals surface area (Å²) in [6.45, 7) is 2.68. The lowest BCUT2D eigenvalue weighted by Gasteiger charge is -2.36. The Morgan fingerprint density at radius 3 is 2.43 bits per heavy atom. The van der Waals surface area contributed by atoms with Crippen LogP contribution in [0.3, 0.4) is 0 Å². The molecule has 0 aliphatic carbocycles. The van der Waals surface area contributed by atoms with Gasteiger partial charge in [-0.05, 0) is 42.9 Å². The molecule has 0 aromatic heterocycles. The molecule has 1 heterocycles. The summed E-state index contributed by atoms with van der Waals surface area (Å²) >= 11 is 5.38. The number of benzene rings is 2. The Morgan fingerprint density at radius 1 is 1.09 bits per heavy atom. The van der Waals surface area contributed by atoms with Crippen LogP contribution in [0, 0.1) is 6.92 Å². The topological polar surface area (TPSA) is 49.4 Å². The molecule has 1 unspecified atom stereocenters. The van der Waals surface area contributed by atoms with Gasteiger partial charge in [0.25, 0.3) is 0 Å². The second-order valence-corrected chi connectivity index (χ2v) is 8.18. The predicted octanol–water partition coefficient (Wildman–Crippen LogP) is 2.53. The Morgan fingerprint density at radius 2 is 1.74 bits per heavy atom. The number of sulfone groups is 1. The molecule has 4 nitrogen and oxygen atoms in total.